The molecule has 7 heteroatoms. The van der Waals surface area contributed by atoms with Crippen LogP contribution in [0.4, 0.5) is 5.69 Å². The Morgan fingerprint density at radius 2 is 2.16 bits per heavy atom. The smallest absolute Gasteiger partial charge is 0.234 e. The molecule has 0 spiro atoms. The van der Waals surface area contributed by atoms with Crippen LogP contribution in [0.3, 0.4) is 0 Å². The molecule has 1 aromatic heterocycles. The van der Waals surface area contributed by atoms with Crippen molar-refractivity contribution in [3.8, 4) is 5.75 Å². The lowest BCUT2D eigenvalue weighted by Crippen LogP contribution is -2.14. The zero-order valence-corrected chi connectivity index (χ0v) is 11.5. The highest BCUT2D eigenvalue weighted by Gasteiger charge is 2.06. The van der Waals surface area contributed by atoms with Gasteiger partial charge < -0.3 is 10.1 Å². The maximum atomic E-state index is 11.7. The monoisotopic (exact) mass is 278 g/mol. The predicted molar refractivity (Wildman–Crippen MR) is 73.5 cm³/mol. The number of ether oxygens (including phenoxy) is 1. The molecule has 0 aliphatic heterocycles. The van der Waals surface area contributed by atoms with Crippen LogP contribution in [0.5, 0.6) is 5.75 Å². The Kier molecular flexibility index (Phi) is 4.40. The van der Waals surface area contributed by atoms with Gasteiger partial charge in [0.15, 0.2) is 0 Å². The van der Waals surface area contributed by atoms with Crippen molar-refractivity contribution in [1.29, 1.82) is 0 Å². The Hall–Kier alpha value is -2.02. The number of thioether (sulfide) groups is 1. The number of hydrogen-bond acceptors (Lipinski definition) is 5. The Bertz CT molecular complexity index is 553. The second-order valence-corrected chi connectivity index (χ2v) is 4.71. The number of hydrogen-bond donors (Lipinski definition) is 2. The third kappa shape index (κ3) is 3.99. The molecule has 0 aliphatic carbocycles. The van der Waals surface area contributed by atoms with Crippen LogP contribution in [0.25, 0.3) is 0 Å². The van der Waals surface area contributed by atoms with Gasteiger partial charge in [-0.25, -0.2) is 4.98 Å². The molecule has 0 saturated carbocycles. The molecule has 0 aliphatic rings. The fourth-order valence-electron chi connectivity index (χ4n) is 1.39. The summed E-state index contributed by atoms with van der Waals surface area (Å²) in [6.07, 6.45) is 0. The minimum Gasteiger partial charge on any atom is -0.497 e. The van der Waals surface area contributed by atoms with Gasteiger partial charge in [0.25, 0.3) is 0 Å². The number of aromatic nitrogens is 3. The first-order valence-corrected chi connectivity index (χ1v) is 6.61. The molecular weight excluding hydrogens is 264 g/mol. The van der Waals surface area contributed by atoms with Crippen molar-refractivity contribution in [3.63, 3.8) is 0 Å². The molecule has 2 aromatic rings. The van der Waals surface area contributed by atoms with E-state index in [1.165, 1.54) is 11.8 Å². The van der Waals surface area contributed by atoms with Gasteiger partial charge in [-0.05, 0) is 31.2 Å². The highest BCUT2D eigenvalue weighted by Crippen LogP contribution is 2.16. The van der Waals surface area contributed by atoms with Crippen molar-refractivity contribution >= 4 is 23.4 Å². The highest BCUT2D eigenvalue weighted by atomic mass is 32.2. The second-order valence-electron chi connectivity index (χ2n) is 3.77. The quantitative estimate of drug-likeness (QED) is 0.816. The summed E-state index contributed by atoms with van der Waals surface area (Å²) in [5.74, 6) is 1.66. The number of rotatable bonds is 5. The number of carbonyl (C=O) groups is 1. The third-order valence-corrected chi connectivity index (χ3v) is 3.13. The first-order chi connectivity index (χ1) is 9.17. The number of anilines is 1. The number of aromatic amines is 1. The maximum Gasteiger partial charge on any atom is 0.234 e. The molecule has 0 saturated heterocycles. The normalized spacial score (nSPS) is 10.2. The molecule has 6 nitrogen and oxygen atoms in total. The van der Waals surface area contributed by atoms with Gasteiger partial charge >= 0.3 is 0 Å². The standard InChI is InChI=1S/C12H14N4O2S/c1-8-13-12(16-15-8)19-7-11(17)14-9-3-5-10(18-2)6-4-9/h3-6H,7H2,1-2H3,(H,14,17)(H,13,15,16). The Balaban J connectivity index is 1.83. The van der Waals surface area contributed by atoms with Crippen molar-refractivity contribution < 1.29 is 9.53 Å². The Morgan fingerprint density at radius 3 is 2.74 bits per heavy atom. The number of benzene rings is 1. The van der Waals surface area contributed by atoms with Crippen LogP contribution >= 0.6 is 11.8 Å². The number of aryl methyl sites for hydroxylation is 1. The third-order valence-electron chi connectivity index (χ3n) is 2.28. The van der Waals surface area contributed by atoms with Gasteiger partial charge in [-0.3, -0.25) is 9.89 Å². The number of methoxy groups -OCH3 is 1. The van der Waals surface area contributed by atoms with Crippen LogP contribution in [-0.2, 0) is 4.79 Å². The summed E-state index contributed by atoms with van der Waals surface area (Å²) in [6, 6.07) is 7.17. The summed E-state index contributed by atoms with van der Waals surface area (Å²) >= 11 is 1.29. The van der Waals surface area contributed by atoms with E-state index in [-0.39, 0.29) is 11.7 Å². The fraction of sp³-hybridized carbons (Fsp3) is 0.250. The van der Waals surface area contributed by atoms with E-state index >= 15 is 0 Å². The van der Waals surface area contributed by atoms with Crippen LogP contribution in [-0.4, -0.2) is 34.0 Å². The average molecular weight is 278 g/mol. The molecule has 0 unspecified atom stereocenters. The van der Waals surface area contributed by atoms with Gasteiger partial charge in [0.2, 0.25) is 11.1 Å². The number of amides is 1. The van der Waals surface area contributed by atoms with Crippen molar-refractivity contribution in [3.05, 3.63) is 30.1 Å². The average Bonchev–Trinajstić information content (AvgIpc) is 2.83. The maximum absolute atomic E-state index is 11.7. The van der Waals surface area contributed by atoms with Crippen molar-refractivity contribution in [2.75, 3.05) is 18.2 Å². The number of nitrogens with one attached hydrogen (secondary N) is 2. The Labute approximate surface area is 115 Å². The van der Waals surface area contributed by atoms with E-state index in [0.717, 1.165) is 17.3 Å². The highest BCUT2D eigenvalue weighted by molar-refractivity contribution is 7.99. The predicted octanol–water partition coefficient (Wildman–Crippen LogP) is 1.85. The molecule has 0 fully saturated rings. The molecule has 100 valence electrons. The SMILES string of the molecule is COc1ccc(NC(=O)CSc2n[nH]c(C)n2)cc1. The molecule has 1 heterocycles. The van der Waals surface area contributed by atoms with E-state index in [9.17, 15) is 4.79 Å². The van der Waals surface area contributed by atoms with E-state index in [1.807, 2.05) is 6.92 Å². The number of carbonyl (C=O) groups excluding carboxylic acids is 1. The lowest BCUT2D eigenvalue weighted by atomic mass is 10.3. The van der Waals surface area contributed by atoms with Crippen molar-refractivity contribution in [1.82, 2.24) is 15.2 Å². The molecule has 19 heavy (non-hydrogen) atoms. The molecule has 0 bridgehead atoms. The zero-order valence-electron chi connectivity index (χ0n) is 10.6. The second kappa shape index (κ2) is 6.24. The van der Waals surface area contributed by atoms with Gasteiger partial charge in [-0.1, -0.05) is 11.8 Å². The van der Waals surface area contributed by atoms with E-state index in [0.29, 0.717) is 5.16 Å². The minimum absolute atomic E-state index is 0.0994. The fourth-order valence-corrected chi connectivity index (χ4v) is 2.03. The molecule has 0 atom stereocenters. The van der Waals surface area contributed by atoms with Crippen LogP contribution < -0.4 is 10.1 Å². The molecule has 0 radical (unpaired) electrons. The van der Waals surface area contributed by atoms with Gasteiger partial charge in [0, 0.05) is 5.69 Å². The summed E-state index contributed by atoms with van der Waals surface area (Å²) in [5, 5.41) is 10.0. The topological polar surface area (TPSA) is 79.9 Å². The molecule has 1 amide bonds. The van der Waals surface area contributed by atoms with E-state index < -0.39 is 0 Å². The van der Waals surface area contributed by atoms with E-state index in [4.69, 9.17) is 4.74 Å². The lowest BCUT2D eigenvalue weighted by Gasteiger charge is -2.05. The van der Waals surface area contributed by atoms with Crippen LogP contribution in [0.2, 0.25) is 0 Å². The molecule has 2 N–H and O–H groups in total. The van der Waals surface area contributed by atoms with E-state index in [2.05, 4.69) is 20.5 Å². The van der Waals surface area contributed by atoms with Gasteiger partial charge in [-0.2, -0.15) is 0 Å². The van der Waals surface area contributed by atoms with Crippen LogP contribution in [0.15, 0.2) is 29.4 Å². The van der Waals surface area contributed by atoms with Crippen LogP contribution in [0, 0.1) is 6.92 Å². The zero-order chi connectivity index (χ0) is 13.7. The van der Waals surface area contributed by atoms with Crippen molar-refractivity contribution in [2.24, 2.45) is 0 Å². The van der Waals surface area contributed by atoms with Crippen molar-refractivity contribution in [2.45, 2.75) is 12.1 Å². The van der Waals surface area contributed by atoms with Crippen LogP contribution in [0.1, 0.15) is 5.82 Å². The summed E-state index contributed by atoms with van der Waals surface area (Å²) in [6.45, 7) is 1.81. The minimum atomic E-state index is -0.0994. The van der Waals surface area contributed by atoms with Gasteiger partial charge in [0.1, 0.15) is 11.6 Å². The summed E-state index contributed by atoms with van der Waals surface area (Å²) in [5.41, 5.74) is 0.734. The van der Waals surface area contributed by atoms with Gasteiger partial charge in [0.05, 0.1) is 12.9 Å². The Morgan fingerprint density at radius 1 is 1.42 bits per heavy atom. The van der Waals surface area contributed by atoms with E-state index in [1.54, 1.807) is 31.4 Å². The lowest BCUT2D eigenvalue weighted by molar-refractivity contribution is -0.113. The summed E-state index contributed by atoms with van der Waals surface area (Å²) in [7, 11) is 1.60. The summed E-state index contributed by atoms with van der Waals surface area (Å²) in [4.78, 5) is 15.8. The first kappa shape index (κ1) is 13.4. The number of H-pyrrole nitrogens is 1. The van der Waals surface area contributed by atoms with Gasteiger partial charge in [-0.15, -0.1) is 5.10 Å². The molecular formula is C12H14N4O2S. The first-order valence-electron chi connectivity index (χ1n) is 5.63. The molecule has 1 aromatic carbocycles. The largest absolute Gasteiger partial charge is 0.497 e. The molecule has 2 rings (SSSR count). The summed E-state index contributed by atoms with van der Waals surface area (Å²) < 4.78 is 5.04. The number of nitrogens with zero attached hydrogens (tertiary/aromatic N) is 2.